The van der Waals surface area contributed by atoms with Crippen LogP contribution in [0.4, 0.5) is 0 Å². The first-order chi connectivity index (χ1) is 7.37. The fourth-order valence-electron chi connectivity index (χ4n) is 5.53. The van der Waals surface area contributed by atoms with Crippen molar-refractivity contribution in [1.82, 2.24) is 0 Å². The third-order valence-corrected chi connectivity index (χ3v) is 6.26. The van der Waals surface area contributed by atoms with Gasteiger partial charge in [0.05, 0.1) is 0 Å². The molecule has 3 rings (SSSR count). The van der Waals surface area contributed by atoms with E-state index in [0.29, 0.717) is 24.4 Å². The largest absolute Gasteiger partial charge is 0.299 e. The van der Waals surface area contributed by atoms with E-state index in [1.54, 1.807) is 0 Å². The maximum Gasteiger partial charge on any atom is 0.139 e. The zero-order chi connectivity index (χ0) is 11.8. The van der Waals surface area contributed by atoms with Crippen LogP contribution >= 0.6 is 0 Å². The Morgan fingerprint density at radius 3 is 2.50 bits per heavy atom. The van der Waals surface area contributed by atoms with Crippen LogP contribution in [0.3, 0.4) is 0 Å². The number of Topliss-reactive ketones (excluding diaryl/α,β-unsaturated/α-hetero) is 2. The number of ketones is 2. The van der Waals surface area contributed by atoms with Gasteiger partial charge >= 0.3 is 0 Å². The summed E-state index contributed by atoms with van der Waals surface area (Å²) in [6.45, 7) is 6.38. The van der Waals surface area contributed by atoms with Crippen molar-refractivity contribution < 1.29 is 9.59 Å². The van der Waals surface area contributed by atoms with Gasteiger partial charge in [-0.2, -0.15) is 0 Å². The van der Waals surface area contributed by atoms with E-state index in [-0.39, 0.29) is 22.2 Å². The number of carbonyl (C=O) groups is 2. The maximum absolute atomic E-state index is 12.3. The normalized spacial score (nSPS) is 55.6. The van der Waals surface area contributed by atoms with E-state index in [0.717, 1.165) is 19.3 Å². The first kappa shape index (κ1) is 10.5. The SMILES string of the molecule is CC1C(=O)C[C@@]2(C)CC(=O)[C@]3(C)CCC[C@@]123. The predicted molar refractivity (Wildman–Crippen MR) is 60.9 cm³/mol. The fraction of sp³-hybridized carbons (Fsp3) is 0.857. The third-order valence-electron chi connectivity index (χ3n) is 6.26. The molecule has 3 saturated carbocycles. The highest BCUT2D eigenvalue weighted by molar-refractivity contribution is 5.96. The topological polar surface area (TPSA) is 34.1 Å². The fourth-order valence-corrected chi connectivity index (χ4v) is 5.53. The molecule has 1 spiro atoms. The molecule has 1 unspecified atom stereocenters. The highest BCUT2D eigenvalue weighted by atomic mass is 16.1. The zero-order valence-corrected chi connectivity index (χ0v) is 10.4. The molecular formula is C14H20O2. The van der Waals surface area contributed by atoms with Crippen LogP contribution in [0.2, 0.25) is 0 Å². The number of rotatable bonds is 0. The summed E-state index contributed by atoms with van der Waals surface area (Å²) in [7, 11) is 0. The van der Waals surface area contributed by atoms with Crippen molar-refractivity contribution in [2.75, 3.05) is 0 Å². The van der Waals surface area contributed by atoms with Gasteiger partial charge in [0, 0.05) is 24.2 Å². The summed E-state index contributed by atoms with van der Waals surface area (Å²) < 4.78 is 0. The standard InChI is InChI=1S/C14H20O2/c1-9-10(15)7-12(2)8-11(16)13(3)5-4-6-14(9,12)13/h9H,4-8H2,1-3H3/t9?,12-,13-,14+/m0/s1. The summed E-state index contributed by atoms with van der Waals surface area (Å²) in [5, 5.41) is 0. The van der Waals surface area contributed by atoms with E-state index < -0.39 is 0 Å². The van der Waals surface area contributed by atoms with Crippen molar-refractivity contribution in [1.29, 1.82) is 0 Å². The van der Waals surface area contributed by atoms with Crippen LogP contribution in [0, 0.1) is 22.2 Å². The lowest BCUT2D eigenvalue weighted by molar-refractivity contribution is -0.131. The van der Waals surface area contributed by atoms with Gasteiger partial charge in [-0.05, 0) is 23.7 Å². The summed E-state index contributed by atoms with van der Waals surface area (Å²) >= 11 is 0. The predicted octanol–water partition coefficient (Wildman–Crippen LogP) is 2.75. The second-order valence-electron chi connectivity index (χ2n) is 6.68. The van der Waals surface area contributed by atoms with Gasteiger partial charge in [0.1, 0.15) is 11.6 Å². The smallest absolute Gasteiger partial charge is 0.139 e. The number of hydrogen-bond donors (Lipinski definition) is 0. The molecule has 0 aromatic carbocycles. The van der Waals surface area contributed by atoms with Gasteiger partial charge in [0.15, 0.2) is 0 Å². The highest BCUT2D eigenvalue weighted by Crippen LogP contribution is 2.75. The average molecular weight is 220 g/mol. The quantitative estimate of drug-likeness (QED) is 0.629. The molecule has 4 atom stereocenters. The van der Waals surface area contributed by atoms with Crippen molar-refractivity contribution in [3.05, 3.63) is 0 Å². The van der Waals surface area contributed by atoms with E-state index in [9.17, 15) is 9.59 Å². The van der Waals surface area contributed by atoms with Gasteiger partial charge in [-0.25, -0.2) is 0 Å². The Morgan fingerprint density at radius 1 is 1.12 bits per heavy atom. The van der Waals surface area contributed by atoms with Crippen LogP contribution in [-0.4, -0.2) is 11.6 Å². The van der Waals surface area contributed by atoms with Crippen molar-refractivity contribution in [3.63, 3.8) is 0 Å². The Balaban J connectivity index is 2.24. The molecule has 2 nitrogen and oxygen atoms in total. The molecule has 0 bridgehead atoms. The van der Waals surface area contributed by atoms with E-state index in [1.807, 2.05) is 0 Å². The summed E-state index contributed by atoms with van der Waals surface area (Å²) in [6, 6.07) is 0. The Bertz CT molecular complexity index is 400. The lowest BCUT2D eigenvalue weighted by atomic mass is 9.57. The van der Waals surface area contributed by atoms with Crippen molar-refractivity contribution in [2.24, 2.45) is 22.2 Å². The molecule has 0 saturated heterocycles. The van der Waals surface area contributed by atoms with Crippen LogP contribution < -0.4 is 0 Å². The Labute approximate surface area is 96.8 Å². The third kappa shape index (κ3) is 0.771. The van der Waals surface area contributed by atoms with E-state index >= 15 is 0 Å². The van der Waals surface area contributed by atoms with Crippen LogP contribution in [0.25, 0.3) is 0 Å². The minimum absolute atomic E-state index is 0.00579. The van der Waals surface area contributed by atoms with Gasteiger partial charge in [0.25, 0.3) is 0 Å². The average Bonchev–Trinajstić information content (AvgIpc) is 2.68. The molecule has 3 fully saturated rings. The van der Waals surface area contributed by atoms with Crippen molar-refractivity contribution in [2.45, 2.75) is 52.9 Å². The second kappa shape index (κ2) is 2.60. The van der Waals surface area contributed by atoms with Crippen LogP contribution in [0.15, 0.2) is 0 Å². The Kier molecular flexibility index (Phi) is 1.70. The van der Waals surface area contributed by atoms with Gasteiger partial charge < -0.3 is 0 Å². The first-order valence-electron chi connectivity index (χ1n) is 6.43. The molecule has 3 aliphatic carbocycles. The van der Waals surface area contributed by atoms with Crippen molar-refractivity contribution in [3.8, 4) is 0 Å². The monoisotopic (exact) mass is 220 g/mol. The molecule has 0 N–H and O–H groups in total. The molecule has 0 radical (unpaired) electrons. The molecule has 88 valence electrons. The number of carbonyl (C=O) groups excluding carboxylic acids is 2. The zero-order valence-electron chi connectivity index (χ0n) is 10.4. The molecule has 0 aliphatic heterocycles. The Morgan fingerprint density at radius 2 is 1.81 bits per heavy atom. The Hall–Kier alpha value is -0.660. The highest BCUT2D eigenvalue weighted by Gasteiger charge is 2.75. The second-order valence-corrected chi connectivity index (χ2v) is 6.68. The van der Waals surface area contributed by atoms with Crippen LogP contribution in [0.5, 0.6) is 0 Å². The van der Waals surface area contributed by atoms with Crippen LogP contribution in [0.1, 0.15) is 52.9 Å². The van der Waals surface area contributed by atoms with E-state index in [4.69, 9.17) is 0 Å². The lowest BCUT2D eigenvalue weighted by Crippen LogP contribution is -2.43. The summed E-state index contributed by atoms with van der Waals surface area (Å²) in [5.41, 5.74) is -0.243. The molecule has 0 aromatic heterocycles. The molecule has 0 aromatic rings. The van der Waals surface area contributed by atoms with Crippen LogP contribution in [-0.2, 0) is 9.59 Å². The minimum atomic E-state index is -0.201. The molecule has 16 heavy (non-hydrogen) atoms. The van der Waals surface area contributed by atoms with Gasteiger partial charge in [-0.15, -0.1) is 0 Å². The van der Waals surface area contributed by atoms with Gasteiger partial charge in [0.2, 0.25) is 0 Å². The summed E-state index contributed by atoms with van der Waals surface area (Å²) in [4.78, 5) is 24.4. The summed E-state index contributed by atoms with van der Waals surface area (Å²) in [5.74, 6) is 0.909. The lowest BCUT2D eigenvalue weighted by Gasteiger charge is -2.44. The molecule has 0 amide bonds. The number of hydrogen-bond acceptors (Lipinski definition) is 2. The van der Waals surface area contributed by atoms with Gasteiger partial charge in [-0.1, -0.05) is 27.2 Å². The summed E-state index contributed by atoms with van der Waals surface area (Å²) in [6.07, 6.45) is 4.47. The first-order valence-corrected chi connectivity index (χ1v) is 6.43. The molecule has 2 heteroatoms. The molecular weight excluding hydrogens is 200 g/mol. The van der Waals surface area contributed by atoms with E-state index in [2.05, 4.69) is 20.8 Å². The van der Waals surface area contributed by atoms with Crippen molar-refractivity contribution >= 4 is 11.6 Å². The van der Waals surface area contributed by atoms with E-state index in [1.165, 1.54) is 0 Å². The maximum atomic E-state index is 12.3. The van der Waals surface area contributed by atoms with Gasteiger partial charge in [-0.3, -0.25) is 9.59 Å². The minimum Gasteiger partial charge on any atom is -0.299 e. The molecule has 0 heterocycles. The molecule has 3 aliphatic rings.